The van der Waals surface area contributed by atoms with Crippen molar-refractivity contribution in [1.82, 2.24) is 19.3 Å². The Morgan fingerprint density at radius 2 is 1.59 bits per heavy atom. The van der Waals surface area contributed by atoms with Crippen LogP contribution in [-0.4, -0.2) is 30.9 Å². The number of hydrogen-bond donors (Lipinski definition) is 0. The van der Waals surface area contributed by atoms with Crippen LogP contribution >= 0.6 is 11.8 Å². The van der Waals surface area contributed by atoms with E-state index in [2.05, 4.69) is 58.9 Å². The first kappa shape index (κ1) is 22.2. The fourth-order valence-electron chi connectivity index (χ4n) is 4.41. The van der Waals surface area contributed by atoms with Gasteiger partial charge in [-0.1, -0.05) is 90.1 Å². The Balaban J connectivity index is 1.49. The van der Waals surface area contributed by atoms with Crippen molar-refractivity contribution in [3.05, 3.63) is 90.0 Å². The van der Waals surface area contributed by atoms with E-state index in [1.165, 1.54) is 17.3 Å². The third-order valence-corrected chi connectivity index (χ3v) is 7.11. The molecule has 5 nitrogen and oxygen atoms in total. The van der Waals surface area contributed by atoms with Gasteiger partial charge in [-0.3, -0.25) is 4.79 Å². The molecule has 2 heterocycles. The van der Waals surface area contributed by atoms with Crippen LogP contribution in [0, 0.1) is 6.92 Å². The van der Waals surface area contributed by atoms with E-state index in [1.54, 1.807) is 0 Å². The second-order valence-corrected chi connectivity index (χ2v) is 9.24. The summed E-state index contributed by atoms with van der Waals surface area (Å²) in [7, 11) is 1.94. The number of para-hydroxylation sites is 1. The molecule has 0 fully saturated rings. The summed E-state index contributed by atoms with van der Waals surface area (Å²) >= 11 is 1.43. The number of aryl methyl sites for hydroxylation is 2. The van der Waals surface area contributed by atoms with Crippen LogP contribution in [0.1, 0.15) is 22.8 Å². The largest absolute Gasteiger partial charge is 0.340 e. The SMILES string of the molecule is CCn1c(-c2ccccc2)c(C(=O)CSc2nnc(-c3ccc(C)cc3)n2C)c2ccccc21. The predicted octanol–water partition coefficient (Wildman–Crippen LogP) is 6.41. The maximum atomic E-state index is 13.7. The summed E-state index contributed by atoms with van der Waals surface area (Å²) in [5, 5.41) is 10.5. The van der Waals surface area contributed by atoms with Crippen LogP contribution in [0.4, 0.5) is 0 Å². The molecule has 3 aromatic carbocycles. The molecule has 0 saturated carbocycles. The van der Waals surface area contributed by atoms with Crippen LogP contribution in [-0.2, 0) is 13.6 Å². The Morgan fingerprint density at radius 1 is 0.882 bits per heavy atom. The molecule has 5 aromatic rings. The highest BCUT2D eigenvalue weighted by molar-refractivity contribution is 7.99. The first-order valence-corrected chi connectivity index (χ1v) is 12.4. The molecular formula is C28H26N4OS. The molecule has 2 aromatic heterocycles. The number of thioether (sulfide) groups is 1. The first-order chi connectivity index (χ1) is 16.6. The minimum Gasteiger partial charge on any atom is -0.340 e. The van der Waals surface area contributed by atoms with Gasteiger partial charge in [0.1, 0.15) is 0 Å². The van der Waals surface area contributed by atoms with Crippen LogP contribution in [0.25, 0.3) is 33.5 Å². The zero-order valence-corrected chi connectivity index (χ0v) is 20.3. The van der Waals surface area contributed by atoms with Crippen molar-refractivity contribution in [3.8, 4) is 22.6 Å². The minimum atomic E-state index is 0.0899. The first-order valence-electron chi connectivity index (χ1n) is 11.4. The molecule has 6 heteroatoms. The van der Waals surface area contributed by atoms with Crippen LogP contribution in [0.2, 0.25) is 0 Å². The lowest BCUT2D eigenvalue weighted by Gasteiger charge is -2.10. The van der Waals surface area contributed by atoms with Crippen LogP contribution in [0.5, 0.6) is 0 Å². The number of hydrogen-bond acceptors (Lipinski definition) is 4. The van der Waals surface area contributed by atoms with Crippen molar-refractivity contribution in [2.75, 3.05) is 5.75 Å². The summed E-state index contributed by atoms with van der Waals surface area (Å²) in [6.07, 6.45) is 0. The quantitative estimate of drug-likeness (QED) is 0.205. The molecule has 0 unspecified atom stereocenters. The summed E-state index contributed by atoms with van der Waals surface area (Å²) in [6.45, 7) is 4.97. The molecule has 0 amide bonds. The van der Waals surface area contributed by atoms with Gasteiger partial charge in [0.05, 0.1) is 17.0 Å². The number of rotatable bonds is 7. The normalized spacial score (nSPS) is 11.3. The van der Waals surface area contributed by atoms with E-state index in [0.717, 1.165) is 50.8 Å². The molecule has 0 aliphatic carbocycles. The van der Waals surface area contributed by atoms with Gasteiger partial charge in [0.2, 0.25) is 0 Å². The van der Waals surface area contributed by atoms with Gasteiger partial charge in [-0.2, -0.15) is 0 Å². The average Bonchev–Trinajstić information content (AvgIpc) is 3.41. The van der Waals surface area contributed by atoms with Gasteiger partial charge in [0.25, 0.3) is 0 Å². The van der Waals surface area contributed by atoms with Crippen LogP contribution < -0.4 is 0 Å². The molecule has 170 valence electrons. The van der Waals surface area contributed by atoms with Crippen LogP contribution in [0.3, 0.4) is 0 Å². The summed E-state index contributed by atoms with van der Waals surface area (Å²) in [4.78, 5) is 13.7. The lowest BCUT2D eigenvalue weighted by atomic mass is 10.0. The average molecular weight is 467 g/mol. The van der Waals surface area contributed by atoms with Gasteiger partial charge < -0.3 is 9.13 Å². The zero-order chi connectivity index (χ0) is 23.7. The third-order valence-electron chi connectivity index (χ3n) is 6.09. The number of carbonyl (C=O) groups is 1. The highest BCUT2D eigenvalue weighted by atomic mass is 32.2. The molecule has 34 heavy (non-hydrogen) atoms. The molecule has 0 atom stereocenters. The maximum absolute atomic E-state index is 13.7. The van der Waals surface area contributed by atoms with Gasteiger partial charge in [0.15, 0.2) is 16.8 Å². The highest BCUT2D eigenvalue weighted by Gasteiger charge is 2.23. The molecule has 0 spiro atoms. The molecule has 0 bridgehead atoms. The summed E-state index contributed by atoms with van der Waals surface area (Å²) in [6, 6.07) is 26.6. The van der Waals surface area contributed by atoms with Crippen molar-refractivity contribution < 1.29 is 4.79 Å². The zero-order valence-electron chi connectivity index (χ0n) is 19.5. The number of ketones is 1. The lowest BCUT2D eigenvalue weighted by Crippen LogP contribution is -2.07. The molecule has 0 aliphatic rings. The molecule has 0 N–H and O–H groups in total. The van der Waals surface area contributed by atoms with Gasteiger partial charge in [-0.15, -0.1) is 10.2 Å². The molecule has 0 saturated heterocycles. The van der Waals surface area contributed by atoms with E-state index in [0.29, 0.717) is 0 Å². The summed E-state index contributed by atoms with van der Waals surface area (Å²) in [5.74, 6) is 1.17. The van der Waals surface area contributed by atoms with E-state index in [4.69, 9.17) is 0 Å². The van der Waals surface area contributed by atoms with Gasteiger partial charge in [-0.05, 0) is 25.5 Å². The van der Waals surface area contributed by atoms with Crippen molar-refractivity contribution in [3.63, 3.8) is 0 Å². The number of aromatic nitrogens is 4. The Labute approximate surface area is 203 Å². The van der Waals surface area contributed by atoms with Crippen LogP contribution in [0.15, 0.2) is 84.0 Å². The minimum absolute atomic E-state index is 0.0899. The van der Waals surface area contributed by atoms with Crippen molar-refractivity contribution in [2.24, 2.45) is 7.05 Å². The topological polar surface area (TPSA) is 52.7 Å². The second kappa shape index (κ2) is 9.31. The maximum Gasteiger partial charge on any atom is 0.191 e. The highest BCUT2D eigenvalue weighted by Crippen LogP contribution is 2.35. The van der Waals surface area contributed by atoms with E-state index in [9.17, 15) is 4.79 Å². The number of nitrogens with zero attached hydrogens (tertiary/aromatic N) is 4. The van der Waals surface area contributed by atoms with E-state index >= 15 is 0 Å². The molecular weight excluding hydrogens is 440 g/mol. The predicted molar refractivity (Wildman–Crippen MR) is 139 cm³/mol. The van der Waals surface area contributed by atoms with E-state index in [1.807, 2.05) is 60.1 Å². The van der Waals surface area contributed by atoms with Crippen molar-refractivity contribution >= 4 is 28.4 Å². The fourth-order valence-corrected chi connectivity index (χ4v) is 5.19. The Morgan fingerprint density at radius 3 is 2.32 bits per heavy atom. The molecule has 5 rings (SSSR count). The van der Waals surface area contributed by atoms with Gasteiger partial charge in [-0.25, -0.2) is 0 Å². The number of fused-ring (bicyclic) bond motifs is 1. The van der Waals surface area contributed by atoms with Gasteiger partial charge >= 0.3 is 0 Å². The smallest absolute Gasteiger partial charge is 0.191 e. The Hall–Kier alpha value is -3.64. The molecule has 0 radical (unpaired) electrons. The summed E-state index contributed by atoms with van der Waals surface area (Å²) in [5.41, 5.74) is 6.10. The van der Waals surface area contributed by atoms with E-state index in [-0.39, 0.29) is 11.5 Å². The molecule has 0 aliphatic heterocycles. The third kappa shape index (κ3) is 3.94. The number of Topliss-reactive ketones (excluding diaryl/α,β-unsaturated/α-hetero) is 1. The Kier molecular flexibility index (Phi) is 6.07. The lowest BCUT2D eigenvalue weighted by molar-refractivity contribution is 0.102. The standard InChI is InChI=1S/C28H26N4OS/c1-4-32-23-13-9-8-12-22(23)25(26(32)20-10-6-5-7-11-20)24(33)18-34-28-30-29-27(31(28)3)21-16-14-19(2)15-17-21/h5-17H,4,18H2,1-3H3. The van der Waals surface area contributed by atoms with E-state index < -0.39 is 0 Å². The monoisotopic (exact) mass is 466 g/mol. The van der Waals surface area contributed by atoms with Crippen molar-refractivity contribution in [2.45, 2.75) is 25.5 Å². The van der Waals surface area contributed by atoms with Crippen molar-refractivity contribution in [1.29, 1.82) is 0 Å². The number of carbonyl (C=O) groups excluding carboxylic acids is 1. The van der Waals surface area contributed by atoms with Gasteiger partial charge in [0, 0.05) is 30.1 Å². The summed E-state index contributed by atoms with van der Waals surface area (Å²) < 4.78 is 4.19. The fraction of sp³-hybridized carbons (Fsp3) is 0.179. The Bertz CT molecular complexity index is 1470. The second-order valence-electron chi connectivity index (χ2n) is 8.29. The number of benzene rings is 3.